The zero-order chi connectivity index (χ0) is 96.1. The van der Waals surface area contributed by atoms with Crippen molar-refractivity contribution in [2.75, 3.05) is 78.8 Å². The number of rotatable bonds is 64. The Hall–Kier alpha value is -12.0. The molecule has 47 nitrogen and oxygen atoms in total. The highest BCUT2D eigenvalue weighted by molar-refractivity contribution is 6.00. The first-order valence-corrected chi connectivity index (χ1v) is 43.4. The number of azide groups is 1. The molecule has 30 N–H and O–H groups in total. The number of nitrogens with one attached hydrogen (secondary N) is 13. The lowest BCUT2D eigenvalue weighted by Gasteiger charge is -2.31. The number of carbonyl (C=O) groups excluding carboxylic acids is 14. The summed E-state index contributed by atoms with van der Waals surface area (Å²) in [7, 11) is 0. The van der Waals surface area contributed by atoms with E-state index >= 15 is 4.79 Å². The van der Waals surface area contributed by atoms with Crippen molar-refractivity contribution in [1.29, 1.82) is 0 Å². The summed E-state index contributed by atoms with van der Waals surface area (Å²) in [6, 6.07) is -12.9. The molecule has 2 rings (SSSR count). The highest BCUT2D eigenvalue weighted by Crippen LogP contribution is 2.22. The Morgan fingerprint density at radius 2 is 0.945 bits per heavy atom. The molecule has 1 saturated heterocycles. The van der Waals surface area contributed by atoms with Gasteiger partial charge in [-0.05, 0) is 150 Å². The molecule has 14 amide bonds. The number of nitrogens with two attached hydrogens (primary N) is 7. The summed E-state index contributed by atoms with van der Waals surface area (Å²) in [4.78, 5) is 226. The first-order chi connectivity index (χ1) is 60.6. The quantitative estimate of drug-likeness (QED) is 0.00731. The normalized spacial score (nSPS) is 15.8. The SMILES string of the molecule is CC[C@H](C)[C@H](NC(=O)[C@H](CCCCN)NC(=O)[C@H](CCCN=C(N)N)NC(=O)[C@H](Cc1ccc(O)cc1)NC(=O)[C@H](C)NC(=O)[C@@H]1CCCN1C(=O)[C@H](CCCN=C(N)NCCOCCOCCN=[N+]=[N-])NC(=O)[C@H](CCCN=C(N)N)NC(=O)[C@H](CO)NC(=O)[C@H](CC(C)C)NC(=O)[C@@H](NC(=O)[C@H](CCC(=O)O)NC(C)=O)[C@@H](C)CC)C(=O)N[C@@H](CC(C)C)C(N)=O. The molecule has 0 bridgehead atoms. The fraction of sp³-hybridized carbons (Fsp3) is 0.704. The lowest BCUT2D eigenvalue weighted by Crippen LogP contribution is -2.61. The van der Waals surface area contributed by atoms with Crippen LogP contribution in [0.5, 0.6) is 5.75 Å². The van der Waals surface area contributed by atoms with Crippen molar-refractivity contribution in [3.05, 3.63) is 40.3 Å². The van der Waals surface area contributed by atoms with Crippen LogP contribution in [-0.4, -0.2) is 284 Å². The van der Waals surface area contributed by atoms with Crippen molar-refractivity contribution < 1.29 is 96.7 Å². The third kappa shape index (κ3) is 44.5. The predicted molar refractivity (Wildman–Crippen MR) is 474 cm³/mol. The molecular weight excluding hydrogens is 1670 g/mol. The van der Waals surface area contributed by atoms with Crippen LogP contribution in [0.3, 0.4) is 0 Å². The molecule has 128 heavy (non-hydrogen) atoms. The number of carboxylic acid groups (broad SMARTS) is 1. The van der Waals surface area contributed by atoms with E-state index in [1.165, 1.54) is 36.1 Å². The molecule has 47 heteroatoms. The Morgan fingerprint density at radius 1 is 0.508 bits per heavy atom. The highest BCUT2D eigenvalue weighted by Gasteiger charge is 2.42. The van der Waals surface area contributed by atoms with Gasteiger partial charge in [-0.15, -0.1) is 0 Å². The van der Waals surface area contributed by atoms with Crippen LogP contribution in [-0.2, 0) is 87.8 Å². The van der Waals surface area contributed by atoms with E-state index < -0.39 is 192 Å². The summed E-state index contributed by atoms with van der Waals surface area (Å²) >= 11 is 0. The van der Waals surface area contributed by atoms with Gasteiger partial charge in [0.05, 0.1) is 33.0 Å². The van der Waals surface area contributed by atoms with Crippen LogP contribution in [0, 0.1) is 23.7 Å². The number of guanidine groups is 3. The van der Waals surface area contributed by atoms with Crippen LogP contribution in [0.4, 0.5) is 0 Å². The van der Waals surface area contributed by atoms with Gasteiger partial charge in [0.1, 0.15) is 84.3 Å². The maximum Gasteiger partial charge on any atom is 0.303 e. The second-order valence-corrected chi connectivity index (χ2v) is 32.3. The third-order valence-electron chi connectivity index (χ3n) is 20.7. The molecule has 720 valence electrons. The Bertz CT molecular complexity index is 3880. The average molecular weight is 1810 g/mol. The first kappa shape index (κ1) is 112. The van der Waals surface area contributed by atoms with E-state index in [2.05, 4.69) is 94.1 Å². The van der Waals surface area contributed by atoms with Gasteiger partial charge in [0.15, 0.2) is 17.9 Å². The van der Waals surface area contributed by atoms with Gasteiger partial charge >= 0.3 is 5.97 Å². The van der Waals surface area contributed by atoms with E-state index in [1.54, 1.807) is 41.5 Å². The number of hydrogen-bond acceptors (Lipinski definition) is 24. The number of aliphatic hydroxyl groups is 1. The molecule has 0 aromatic heterocycles. The zero-order valence-electron chi connectivity index (χ0n) is 75.3. The van der Waals surface area contributed by atoms with E-state index in [0.717, 1.165) is 6.92 Å². The first-order valence-electron chi connectivity index (χ1n) is 43.4. The van der Waals surface area contributed by atoms with Crippen molar-refractivity contribution >= 4 is 107 Å². The highest BCUT2D eigenvalue weighted by atomic mass is 16.5. The number of phenolic OH excluding ortho intramolecular Hbond substituents is 1. The maximum absolute atomic E-state index is 15.3. The largest absolute Gasteiger partial charge is 0.508 e. The van der Waals surface area contributed by atoms with Gasteiger partial charge in [-0.1, -0.05) is 85.5 Å². The minimum atomic E-state index is -1.82. The lowest BCUT2D eigenvalue weighted by atomic mass is 9.96. The standard InChI is InChI=1S/C81H141N27O20/c1-11-47(7)64(76(124)101-58(66(83)114)41-45(3)4)105-70(118)53(19-13-14-30-82)97-68(116)54(20-15-31-90-79(84)85)98-73(121)60(43-51-24-26-52(111)27-25-51)102-67(115)49(9)95-75(123)62-23-18-36-108(62)78(126)57(22-17-33-92-81(88)93-34-37-127-39-40-128-38-35-94-107-89)100-69(117)55(21-16-32-91-80(86)87)99-74(122)61(44-109)104-72(120)59(42-46(5)6)103-77(125)65(48(8)12-2)106-71(119)56(96-50(10)110)28-29-63(112)113/h24-27,45-49,53-62,64-65,109,111H,11-23,28-44,82H2,1-10H3,(H2,83,114)(H,95,123)(H,96,110)(H,97,116)(H,98,121)(H,99,122)(H,100,117)(H,101,124)(H,102,115)(H,103,125)(H,104,120)(H,105,118)(H,106,119)(H,112,113)(H4,84,85,90)(H4,86,87,91)(H3,88,92,93)/t47-,48-,49-,53-,54-,55-,56-,57-,58-,59-,60-,61-,62-,64-,65-/m0/s1. The number of phenols is 1. The topological polar surface area (TPSA) is 763 Å². The van der Waals surface area contributed by atoms with E-state index in [4.69, 9.17) is 55.1 Å². The summed E-state index contributed by atoms with van der Waals surface area (Å²) in [6.07, 6.45) is 0.230. The number of ether oxygens (including phenoxy) is 2. The Morgan fingerprint density at radius 3 is 1.43 bits per heavy atom. The maximum atomic E-state index is 15.3. The van der Waals surface area contributed by atoms with Crippen LogP contribution in [0.15, 0.2) is 44.4 Å². The average Bonchev–Trinajstić information content (AvgIpc) is 1.64. The molecule has 1 aliphatic rings. The van der Waals surface area contributed by atoms with Gasteiger partial charge in [0, 0.05) is 63.9 Å². The fourth-order valence-electron chi connectivity index (χ4n) is 13.3. The van der Waals surface area contributed by atoms with E-state index in [9.17, 15) is 82.4 Å². The summed E-state index contributed by atoms with van der Waals surface area (Å²) in [6.45, 7) is 16.5. The summed E-state index contributed by atoms with van der Waals surface area (Å²) in [5.41, 5.74) is 49.1. The number of aliphatic imine (C=N–C) groups is 3. The van der Waals surface area contributed by atoms with Gasteiger partial charge in [-0.25, -0.2) is 0 Å². The second-order valence-electron chi connectivity index (χ2n) is 32.3. The molecule has 0 radical (unpaired) electrons. The molecule has 0 aliphatic carbocycles. The Balaban J connectivity index is 2.69. The summed E-state index contributed by atoms with van der Waals surface area (Å²) in [5, 5.41) is 68.1. The fourth-order valence-corrected chi connectivity index (χ4v) is 13.3. The molecule has 1 heterocycles. The Kier molecular flexibility index (Phi) is 53.8. The molecule has 0 spiro atoms. The van der Waals surface area contributed by atoms with Crippen molar-refractivity contribution in [1.82, 2.24) is 74.0 Å². The van der Waals surface area contributed by atoms with Crippen molar-refractivity contribution in [2.45, 2.75) is 263 Å². The number of hydrogen-bond donors (Lipinski definition) is 23. The van der Waals surface area contributed by atoms with Crippen molar-refractivity contribution in [3.63, 3.8) is 0 Å². The van der Waals surface area contributed by atoms with Gasteiger partial charge < -0.3 is 139 Å². The molecule has 15 atom stereocenters. The zero-order valence-corrected chi connectivity index (χ0v) is 75.3. The number of benzene rings is 1. The molecular formula is C81H141N27O20. The second kappa shape index (κ2) is 61.4. The van der Waals surface area contributed by atoms with Crippen molar-refractivity contribution in [2.24, 2.45) is 83.9 Å². The van der Waals surface area contributed by atoms with Crippen LogP contribution >= 0.6 is 0 Å². The van der Waals surface area contributed by atoms with E-state index in [-0.39, 0.29) is 191 Å². The number of nitrogens with zero attached hydrogens (tertiary/aromatic N) is 7. The smallest absolute Gasteiger partial charge is 0.303 e. The summed E-state index contributed by atoms with van der Waals surface area (Å²) < 4.78 is 10.9. The van der Waals surface area contributed by atoms with Crippen LogP contribution in [0.25, 0.3) is 10.4 Å². The third-order valence-corrected chi connectivity index (χ3v) is 20.7. The molecule has 0 saturated carbocycles. The minimum absolute atomic E-state index is 0.00233. The van der Waals surface area contributed by atoms with Gasteiger partial charge in [0.25, 0.3) is 0 Å². The number of carbonyl (C=O) groups is 15. The monoisotopic (exact) mass is 1810 g/mol. The number of unbranched alkanes of at least 4 members (excludes halogenated alkanes) is 1. The number of aromatic hydroxyl groups is 1. The van der Waals surface area contributed by atoms with Crippen LogP contribution < -0.4 is 109 Å². The molecule has 1 fully saturated rings. The van der Waals surface area contributed by atoms with Gasteiger partial charge in [-0.3, -0.25) is 86.9 Å². The van der Waals surface area contributed by atoms with Gasteiger partial charge in [-0.2, -0.15) is 0 Å². The van der Waals surface area contributed by atoms with E-state index in [0.29, 0.717) is 31.2 Å². The number of amides is 14. The predicted octanol–water partition coefficient (Wildman–Crippen LogP) is -4.43. The minimum Gasteiger partial charge on any atom is -0.508 e. The summed E-state index contributed by atoms with van der Waals surface area (Å²) in [5.74, 6) is -15.6. The number of likely N-dealkylation sites (tertiary alicyclic amines) is 1. The Labute approximate surface area is 746 Å². The van der Waals surface area contributed by atoms with Crippen LogP contribution in [0.1, 0.15) is 184 Å². The molecule has 1 aliphatic heterocycles. The lowest BCUT2D eigenvalue weighted by molar-refractivity contribution is -0.142. The van der Waals surface area contributed by atoms with E-state index in [1.807, 2.05) is 13.8 Å². The van der Waals surface area contributed by atoms with Crippen LogP contribution in [0.2, 0.25) is 0 Å². The molecule has 0 unspecified atom stereocenters. The molecule has 1 aromatic carbocycles. The number of aliphatic carboxylic acids is 1. The number of aliphatic hydroxyl groups excluding tert-OH is 1. The van der Waals surface area contributed by atoms with Crippen molar-refractivity contribution in [3.8, 4) is 5.75 Å². The molecule has 1 aromatic rings. The number of primary amides is 1. The number of carboxylic acids is 1. The van der Waals surface area contributed by atoms with Gasteiger partial charge in [0.2, 0.25) is 82.7 Å².